The van der Waals surface area contributed by atoms with Crippen molar-refractivity contribution in [2.75, 3.05) is 13.1 Å². The summed E-state index contributed by atoms with van der Waals surface area (Å²) in [5.41, 5.74) is 0. The van der Waals surface area contributed by atoms with E-state index in [1.54, 1.807) is 0 Å². The van der Waals surface area contributed by atoms with Crippen LogP contribution in [0, 0.1) is 23.7 Å². The van der Waals surface area contributed by atoms with Crippen LogP contribution in [-0.2, 0) is 9.59 Å². The summed E-state index contributed by atoms with van der Waals surface area (Å²) in [6.07, 6.45) is 21.4. The fourth-order valence-corrected chi connectivity index (χ4v) is 3.65. The highest BCUT2D eigenvalue weighted by atomic mass is 16.2. The average molecular weight is 473 g/mol. The van der Waals surface area contributed by atoms with Gasteiger partial charge in [0.2, 0.25) is 11.8 Å². The van der Waals surface area contributed by atoms with E-state index in [4.69, 9.17) is 0 Å². The molecule has 0 aromatic heterocycles. The van der Waals surface area contributed by atoms with Crippen LogP contribution in [-0.4, -0.2) is 24.9 Å². The molecule has 0 aliphatic carbocycles. The van der Waals surface area contributed by atoms with Gasteiger partial charge in [-0.05, 0) is 50.4 Å². The molecule has 4 heteroatoms. The molecule has 0 bridgehead atoms. The number of nitrogens with one attached hydrogen (secondary N) is 2. The lowest BCUT2D eigenvalue weighted by atomic mass is 10.1. The maximum absolute atomic E-state index is 11.8. The van der Waals surface area contributed by atoms with Crippen LogP contribution >= 0.6 is 0 Å². The van der Waals surface area contributed by atoms with Crippen molar-refractivity contribution in [3.63, 3.8) is 0 Å². The topological polar surface area (TPSA) is 58.2 Å². The van der Waals surface area contributed by atoms with E-state index in [2.05, 4.69) is 48.2 Å². The van der Waals surface area contributed by atoms with Gasteiger partial charge in [0.1, 0.15) is 0 Å². The molecule has 0 aromatic rings. The molecule has 0 aliphatic heterocycles. The van der Waals surface area contributed by atoms with Crippen LogP contribution in [0.15, 0.2) is 0 Å². The van der Waals surface area contributed by atoms with Crippen LogP contribution in [0.5, 0.6) is 0 Å². The molecule has 0 aliphatic rings. The Morgan fingerprint density at radius 2 is 0.882 bits per heavy atom. The zero-order valence-corrected chi connectivity index (χ0v) is 22.4. The zero-order valence-electron chi connectivity index (χ0n) is 22.4. The first-order valence-electron chi connectivity index (χ1n) is 14.2. The van der Waals surface area contributed by atoms with Gasteiger partial charge in [0, 0.05) is 38.8 Å². The number of rotatable bonds is 22. The molecule has 0 saturated carbocycles. The van der Waals surface area contributed by atoms with Crippen molar-refractivity contribution < 1.29 is 9.59 Å². The molecule has 0 radical (unpaired) electrons. The lowest BCUT2D eigenvalue weighted by Gasteiger charge is -2.04. The van der Waals surface area contributed by atoms with Crippen molar-refractivity contribution in [1.82, 2.24) is 10.6 Å². The fraction of sp³-hybridized carbons (Fsp3) is 0.800. The van der Waals surface area contributed by atoms with Crippen molar-refractivity contribution in [1.29, 1.82) is 0 Å². The molecule has 0 fully saturated rings. The van der Waals surface area contributed by atoms with Gasteiger partial charge < -0.3 is 10.6 Å². The van der Waals surface area contributed by atoms with Gasteiger partial charge in [-0.25, -0.2) is 0 Å². The second-order valence-corrected chi connectivity index (χ2v) is 9.25. The zero-order chi connectivity index (χ0) is 25.0. The Balaban J connectivity index is 3.45. The Kier molecular flexibility index (Phi) is 25.7. The van der Waals surface area contributed by atoms with E-state index in [1.165, 1.54) is 64.2 Å². The molecule has 0 heterocycles. The van der Waals surface area contributed by atoms with Crippen molar-refractivity contribution in [3.05, 3.63) is 0 Å². The first-order chi connectivity index (χ1) is 16.7. The fourth-order valence-electron chi connectivity index (χ4n) is 3.65. The minimum absolute atomic E-state index is 0.164. The largest absolute Gasteiger partial charge is 0.356 e. The van der Waals surface area contributed by atoms with E-state index in [-0.39, 0.29) is 11.8 Å². The summed E-state index contributed by atoms with van der Waals surface area (Å²) in [6.45, 7) is 6.07. The quantitative estimate of drug-likeness (QED) is 0.131. The molecule has 4 nitrogen and oxygen atoms in total. The van der Waals surface area contributed by atoms with Gasteiger partial charge in [0.25, 0.3) is 0 Å². The summed E-state index contributed by atoms with van der Waals surface area (Å²) in [5.74, 6) is 12.3. The molecular formula is C30H52N2O2. The monoisotopic (exact) mass is 472 g/mol. The predicted octanol–water partition coefficient (Wildman–Crippen LogP) is 7.07. The molecule has 2 N–H and O–H groups in total. The average Bonchev–Trinajstić information content (AvgIpc) is 2.83. The van der Waals surface area contributed by atoms with Gasteiger partial charge in [0.05, 0.1) is 0 Å². The van der Waals surface area contributed by atoms with E-state index in [9.17, 15) is 9.59 Å². The third-order valence-corrected chi connectivity index (χ3v) is 5.86. The number of carbonyl (C=O) groups is 2. The van der Waals surface area contributed by atoms with Crippen molar-refractivity contribution in [2.24, 2.45) is 0 Å². The molecule has 34 heavy (non-hydrogen) atoms. The van der Waals surface area contributed by atoms with Crippen LogP contribution in [0.2, 0.25) is 0 Å². The smallest absolute Gasteiger partial charge is 0.219 e. The number of carbonyl (C=O) groups excluding carboxylic acids is 2. The van der Waals surface area contributed by atoms with E-state index >= 15 is 0 Å². The van der Waals surface area contributed by atoms with Gasteiger partial charge in [-0.3, -0.25) is 9.59 Å². The summed E-state index contributed by atoms with van der Waals surface area (Å²) in [5, 5.41) is 6.03. The summed E-state index contributed by atoms with van der Waals surface area (Å²) in [4.78, 5) is 23.6. The normalized spacial score (nSPS) is 10.1. The Morgan fingerprint density at radius 1 is 0.500 bits per heavy atom. The minimum Gasteiger partial charge on any atom is -0.356 e. The molecule has 0 aromatic carbocycles. The third kappa shape index (κ3) is 26.3. The summed E-state index contributed by atoms with van der Waals surface area (Å²) in [6, 6.07) is 0. The van der Waals surface area contributed by atoms with Gasteiger partial charge in [0.15, 0.2) is 0 Å². The number of hydrogen-bond acceptors (Lipinski definition) is 2. The second-order valence-electron chi connectivity index (χ2n) is 9.25. The van der Waals surface area contributed by atoms with E-state index < -0.39 is 0 Å². The molecule has 2 amide bonds. The van der Waals surface area contributed by atoms with E-state index in [0.717, 1.165) is 64.5 Å². The second kappa shape index (κ2) is 27.3. The molecule has 0 rings (SSSR count). The molecule has 0 saturated heterocycles. The molecule has 0 unspecified atom stereocenters. The van der Waals surface area contributed by atoms with Crippen molar-refractivity contribution >= 4 is 11.8 Å². The molecule has 0 atom stereocenters. The molecular weight excluding hydrogens is 420 g/mol. The lowest BCUT2D eigenvalue weighted by molar-refractivity contribution is -0.122. The van der Waals surface area contributed by atoms with Gasteiger partial charge in [-0.2, -0.15) is 0 Å². The van der Waals surface area contributed by atoms with Crippen molar-refractivity contribution in [2.45, 2.75) is 142 Å². The Labute approximate surface area is 211 Å². The standard InChI is InChI=1S/C30H52N2O2/c1-3-5-7-9-19-23-27-31-29(33)25-21-17-15-13-11-12-14-16-18-22-26-30(34)32-28-24-20-10-8-6-4-2/h3-10,15-28H2,1-2H3,(H,31,33)(H,32,34). The highest BCUT2D eigenvalue weighted by Crippen LogP contribution is 2.05. The predicted molar refractivity (Wildman–Crippen MR) is 145 cm³/mol. The van der Waals surface area contributed by atoms with Gasteiger partial charge in [-0.15, -0.1) is 0 Å². The highest BCUT2D eigenvalue weighted by molar-refractivity contribution is 5.76. The van der Waals surface area contributed by atoms with Crippen LogP contribution in [0.25, 0.3) is 0 Å². The SMILES string of the molecule is CCCCCCCCNC(=O)CCCCC#CC#CCCCCC(=O)NCCCCCCCC. The summed E-state index contributed by atoms with van der Waals surface area (Å²) >= 11 is 0. The van der Waals surface area contributed by atoms with E-state index in [0.29, 0.717) is 12.8 Å². The first-order valence-corrected chi connectivity index (χ1v) is 14.2. The minimum atomic E-state index is 0.164. The third-order valence-electron chi connectivity index (χ3n) is 5.86. The highest BCUT2D eigenvalue weighted by Gasteiger charge is 2.00. The maximum atomic E-state index is 11.8. The van der Waals surface area contributed by atoms with Crippen LogP contribution in [0.4, 0.5) is 0 Å². The maximum Gasteiger partial charge on any atom is 0.219 e. The number of amides is 2. The van der Waals surface area contributed by atoms with Crippen LogP contribution in [0.3, 0.4) is 0 Å². The lowest BCUT2D eigenvalue weighted by Crippen LogP contribution is -2.23. The summed E-state index contributed by atoms with van der Waals surface area (Å²) < 4.78 is 0. The van der Waals surface area contributed by atoms with Crippen LogP contribution < -0.4 is 10.6 Å². The summed E-state index contributed by atoms with van der Waals surface area (Å²) in [7, 11) is 0. The number of unbranched alkanes of at least 4 members (excludes halogenated alkanes) is 14. The van der Waals surface area contributed by atoms with Gasteiger partial charge in [-0.1, -0.05) is 89.9 Å². The Hall–Kier alpha value is -1.94. The van der Waals surface area contributed by atoms with Crippen LogP contribution in [0.1, 0.15) is 142 Å². The van der Waals surface area contributed by atoms with Gasteiger partial charge >= 0.3 is 0 Å². The Bertz CT molecular complexity index is 553. The number of hydrogen-bond donors (Lipinski definition) is 2. The van der Waals surface area contributed by atoms with Crippen molar-refractivity contribution in [3.8, 4) is 23.7 Å². The van der Waals surface area contributed by atoms with E-state index in [1.807, 2.05) is 0 Å². The Morgan fingerprint density at radius 3 is 1.29 bits per heavy atom. The molecule has 194 valence electrons. The first kappa shape index (κ1) is 32.1. The molecule has 0 spiro atoms.